The summed E-state index contributed by atoms with van der Waals surface area (Å²) in [6.45, 7) is 0. The molecule has 0 unspecified atom stereocenters. The third-order valence-electron chi connectivity index (χ3n) is 2.96. The molecule has 0 radical (unpaired) electrons. The number of hydrogen-bond acceptors (Lipinski definition) is 1. The van der Waals surface area contributed by atoms with Crippen molar-refractivity contribution in [3.05, 3.63) is 65.7 Å². The highest BCUT2D eigenvalue weighted by Crippen LogP contribution is 3.02. The van der Waals surface area contributed by atoms with E-state index in [1.165, 1.54) is 6.07 Å². The molecule has 0 aliphatic rings. The second-order valence-electron chi connectivity index (χ2n) is 4.75. The predicted molar refractivity (Wildman–Crippen MR) is 72.9 cm³/mol. The standard InChI is InChI=1S/C14H13F5OS/c15-21(16,17,18,19)13-8-4-5-11(9-13)10-14(20)12-6-2-1-3-7-12/h1-9,14,20H,10H2/t14-/m0/s1. The summed E-state index contributed by atoms with van der Waals surface area (Å²) in [6, 6.07) is 11.2. The van der Waals surface area contributed by atoms with Crippen molar-refractivity contribution in [1.82, 2.24) is 0 Å². The van der Waals surface area contributed by atoms with E-state index < -0.39 is 21.2 Å². The predicted octanol–water partition coefficient (Wildman–Crippen LogP) is 5.62. The van der Waals surface area contributed by atoms with Crippen LogP contribution in [0.2, 0.25) is 0 Å². The Kier molecular flexibility index (Phi) is 3.34. The highest BCUT2D eigenvalue weighted by Gasteiger charge is 2.65. The van der Waals surface area contributed by atoms with Crippen LogP contribution in [0.4, 0.5) is 19.4 Å². The van der Waals surface area contributed by atoms with Gasteiger partial charge in [-0.2, -0.15) is 0 Å². The first-order valence-corrected chi connectivity index (χ1v) is 7.97. The Balaban J connectivity index is 2.28. The molecule has 2 aromatic carbocycles. The molecule has 116 valence electrons. The zero-order chi connectivity index (χ0) is 15.8. The van der Waals surface area contributed by atoms with Crippen molar-refractivity contribution >= 4 is 10.2 Å². The third kappa shape index (κ3) is 4.18. The van der Waals surface area contributed by atoms with Gasteiger partial charge in [0.15, 0.2) is 0 Å². The highest BCUT2D eigenvalue weighted by atomic mass is 32.5. The van der Waals surface area contributed by atoms with E-state index in [0.717, 1.165) is 6.07 Å². The van der Waals surface area contributed by atoms with E-state index in [0.29, 0.717) is 17.7 Å². The Labute approximate surface area is 118 Å². The van der Waals surface area contributed by atoms with Crippen LogP contribution in [0.1, 0.15) is 17.2 Å². The van der Waals surface area contributed by atoms with Crippen molar-refractivity contribution in [2.45, 2.75) is 17.4 Å². The lowest BCUT2D eigenvalue weighted by molar-refractivity contribution is 0.178. The average molecular weight is 324 g/mol. The number of aliphatic hydroxyl groups is 1. The zero-order valence-corrected chi connectivity index (χ0v) is 11.5. The molecule has 2 rings (SSSR count). The molecule has 0 amide bonds. The Morgan fingerprint density at radius 3 is 2.05 bits per heavy atom. The van der Waals surface area contributed by atoms with Gasteiger partial charge < -0.3 is 5.11 Å². The maximum Gasteiger partial charge on any atom is 0.310 e. The molecule has 0 aromatic heterocycles. The van der Waals surface area contributed by atoms with Gasteiger partial charge in [-0.3, -0.25) is 0 Å². The lowest BCUT2D eigenvalue weighted by Gasteiger charge is -2.40. The van der Waals surface area contributed by atoms with Crippen LogP contribution >= 0.6 is 10.2 Å². The van der Waals surface area contributed by atoms with E-state index in [9.17, 15) is 24.5 Å². The van der Waals surface area contributed by atoms with Crippen molar-refractivity contribution in [3.63, 3.8) is 0 Å². The maximum atomic E-state index is 12.7. The highest BCUT2D eigenvalue weighted by molar-refractivity contribution is 8.45. The van der Waals surface area contributed by atoms with Crippen molar-refractivity contribution in [2.24, 2.45) is 0 Å². The van der Waals surface area contributed by atoms with Crippen LogP contribution in [-0.2, 0) is 6.42 Å². The van der Waals surface area contributed by atoms with Gasteiger partial charge in [0.05, 0.1) is 6.10 Å². The Bertz CT molecular complexity index is 639. The molecule has 0 bridgehead atoms. The van der Waals surface area contributed by atoms with Crippen molar-refractivity contribution in [1.29, 1.82) is 0 Å². The van der Waals surface area contributed by atoms with Gasteiger partial charge in [-0.1, -0.05) is 61.9 Å². The molecule has 1 atom stereocenters. The summed E-state index contributed by atoms with van der Waals surface area (Å²) in [6.07, 6.45) is -1.23. The Morgan fingerprint density at radius 2 is 1.48 bits per heavy atom. The fourth-order valence-electron chi connectivity index (χ4n) is 1.93. The lowest BCUT2D eigenvalue weighted by atomic mass is 10.0. The molecular weight excluding hydrogens is 311 g/mol. The summed E-state index contributed by atoms with van der Waals surface area (Å²) < 4.78 is 63.6. The first kappa shape index (κ1) is 15.8. The molecule has 1 N–H and O–H groups in total. The number of benzene rings is 2. The molecule has 0 aliphatic carbocycles. The molecule has 7 heteroatoms. The van der Waals surface area contributed by atoms with Gasteiger partial charge in [0, 0.05) is 6.42 Å². The summed E-state index contributed by atoms with van der Waals surface area (Å²) in [5, 5.41) is 9.94. The van der Waals surface area contributed by atoms with E-state index in [-0.39, 0.29) is 12.0 Å². The zero-order valence-electron chi connectivity index (χ0n) is 10.7. The molecule has 0 aliphatic heterocycles. The van der Waals surface area contributed by atoms with Gasteiger partial charge in [-0.25, -0.2) is 0 Å². The van der Waals surface area contributed by atoms with E-state index in [4.69, 9.17) is 0 Å². The minimum absolute atomic E-state index is 0.00268. The third-order valence-corrected chi connectivity index (χ3v) is 4.10. The number of hydrogen-bond donors (Lipinski definition) is 1. The molecule has 1 nitrogen and oxygen atoms in total. The SMILES string of the molecule is O[C@@H](Cc1cccc(S(F)(F)(F)(F)F)c1)c1ccccc1. The molecule has 0 spiro atoms. The normalized spacial score (nSPS) is 16.9. The van der Waals surface area contributed by atoms with Crippen LogP contribution in [0.15, 0.2) is 59.5 Å². The minimum atomic E-state index is -9.68. The van der Waals surface area contributed by atoms with Crippen LogP contribution in [0, 0.1) is 0 Å². The van der Waals surface area contributed by atoms with Crippen LogP contribution in [0.5, 0.6) is 0 Å². The van der Waals surface area contributed by atoms with Crippen LogP contribution < -0.4 is 0 Å². The van der Waals surface area contributed by atoms with Gasteiger partial charge in [0.2, 0.25) is 0 Å². The summed E-state index contributed by atoms with van der Waals surface area (Å²) in [5.41, 5.74) is 0.507. The minimum Gasteiger partial charge on any atom is -0.388 e. The van der Waals surface area contributed by atoms with Crippen LogP contribution in [0.3, 0.4) is 0 Å². The first-order chi connectivity index (χ1) is 9.45. The van der Waals surface area contributed by atoms with Gasteiger partial charge in [0.1, 0.15) is 4.90 Å². The van der Waals surface area contributed by atoms with Crippen molar-refractivity contribution in [2.75, 3.05) is 0 Å². The largest absolute Gasteiger partial charge is 0.388 e. The fraction of sp³-hybridized carbons (Fsp3) is 0.143. The summed E-state index contributed by atoms with van der Waals surface area (Å²) in [4.78, 5) is -1.94. The van der Waals surface area contributed by atoms with E-state index in [2.05, 4.69) is 0 Å². The topological polar surface area (TPSA) is 20.2 Å². The van der Waals surface area contributed by atoms with Gasteiger partial charge >= 0.3 is 10.2 Å². The summed E-state index contributed by atoms with van der Waals surface area (Å²) >= 11 is 0. The van der Waals surface area contributed by atoms with E-state index in [1.54, 1.807) is 30.3 Å². The van der Waals surface area contributed by atoms with Gasteiger partial charge in [-0.15, -0.1) is 0 Å². The van der Waals surface area contributed by atoms with E-state index in [1.807, 2.05) is 0 Å². The number of rotatable bonds is 4. The maximum absolute atomic E-state index is 12.7. The molecule has 2 aromatic rings. The molecule has 0 saturated heterocycles. The smallest absolute Gasteiger partial charge is 0.310 e. The average Bonchev–Trinajstić information content (AvgIpc) is 2.37. The molecule has 0 saturated carbocycles. The number of halogens is 5. The lowest BCUT2D eigenvalue weighted by Crippen LogP contribution is -2.07. The number of aliphatic hydroxyl groups excluding tert-OH is 1. The Hall–Kier alpha value is -1.60. The van der Waals surface area contributed by atoms with Crippen molar-refractivity contribution < 1.29 is 24.5 Å². The van der Waals surface area contributed by atoms with Crippen LogP contribution in [0.25, 0.3) is 0 Å². The molecule has 0 fully saturated rings. The van der Waals surface area contributed by atoms with Crippen molar-refractivity contribution in [3.8, 4) is 0 Å². The molecular formula is C14H13F5OS. The fourth-order valence-corrected chi connectivity index (χ4v) is 2.64. The second-order valence-corrected chi connectivity index (χ2v) is 7.16. The molecule has 21 heavy (non-hydrogen) atoms. The second kappa shape index (κ2) is 4.45. The monoisotopic (exact) mass is 324 g/mol. The Morgan fingerprint density at radius 1 is 0.857 bits per heavy atom. The van der Waals surface area contributed by atoms with Crippen LogP contribution in [-0.4, -0.2) is 5.11 Å². The summed E-state index contributed by atoms with van der Waals surface area (Å²) in [7, 11) is -9.68. The quantitative estimate of drug-likeness (QED) is 0.724. The first-order valence-electron chi connectivity index (χ1n) is 6.02. The van der Waals surface area contributed by atoms with E-state index >= 15 is 0 Å². The molecule has 0 heterocycles. The summed E-state index contributed by atoms with van der Waals surface area (Å²) in [5.74, 6) is 0. The van der Waals surface area contributed by atoms with Gasteiger partial charge in [-0.05, 0) is 23.3 Å². The van der Waals surface area contributed by atoms with Gasteiger partial charge in [0.25, 0.3) is 0 Å².